The first-order valence-electron chi connectivity index (χ1n) is 17.3. The highest BCUT2D eigenvalue weighted by molar-refractivity contribution is 6.04. The molecule has 0 amide bonds. The van der Waals surface area contributed by atoms with Crippen molar-refractivity contribution in [2.75, 3.05) is 0 Å². The van der Waals surface area contributed by atoms with E-state index in [0.717, 1.165) is 39.2 Å². The van der Waals surface area contributed by atoms with Crippen LogP contribution < -0.4 is 9.47 Å². The zero-order valence-electron chi connectivity index (χ0n) is 28.2. The van der Waals surface area contributed by atoms with Gasteiger partial charge >= 0.3 is 0 Å². The molecule has 10 rings (SSSR count). The number of ether oxygens (including phenoxy) is 2. The van der Waals surface area contributed by atoms with Gasteiger partial charge in [0, 0.05) is 22.1 Å². The van der Waals surface area contributed by atoms with E-state index in [1.807, 2.05) is 36.4 Å². The van der Waals surface area contributed by atoms with Crippen molar-refractivity contribution >= 4 is 10.8 Å². The fourth-order valence-electron chi connectivity index (χ4n) is 7.78. The van der Waals surface area contributed by atoms with Crippen molar-refractivity contribution in [3.8, 4) is 79.2 Å². The lowest BCUT2D eigenvalue weighted by Crippen LogP contribution is -2.15. The molecular weight excluding hydrogens is 625 g/mol. The van der Waals surface area contributed by atoms with Crippen LogP contribution in [0.5, 0.6) is 23.0 Å². The van der Waals surface area contributed by atoms with Crippen LogP contribution in [0.3, 0.4) is 0 Å². The number of nitrogens with zero attached hydrogens (tertiary/aromatic N) is 2. The maximum Gasteiger partial charge on any atom is 0.170 e. The van der Waals surface area contributed by atoms with Gasteiger partial charge in [0.1, 0.15) is 0 Å². The lowest BCUT2D eigenvalue weighted by Gasteiger charge is -2.25. The van der Waals surface area contributed by atoms with Gasteiger partial charge in [-0.2, -0.15) is 0 Å². The molecule has 0 unspecified atom stereocenters. The average molecular weight is 657 g/mol. The number of hydrogen-bond donors (Lipinski definition) is 0. The predicted molar refractivity (Wildman–Crippen MR) is 205 cm³/mol. The van der Waals surface area contributed by atoms with Crippen LogP contribution in [0.4, 0.5) is 0 Å². The third-order valence-corrected chi connectivity index (χ3v) is 10.4. The van der Waals surface area contributed by atoms with Gasteiger partial charge < -0.3 is 9.47 Å². The Morgan fingerprint density at radius 3 is 1.80 bits per heavy atom. The Labute approximate surface area is 296 Å². The quantitative estimate of drug-likeness (QED) is 0.189. The summed E-state index contributed by atoms with van der Waals surface area (Å²) in [5, 5.41) is 2.32. The van der Waals surface area contributed by atoms with Crippen LogP contribution in [0.15, 0.2) is 158 Å². The molecule has 4 nitrogen and oxygen atoms in total. The van der Waals surface area contributed by atoms with Crippen molar-refractivity contribution in [2.45, 2.75) is 19.3 Å². The van der Waals surface area contributed by atoms with E-state index in [2.05, 4.69) is 135 Å². The molecule has 0 radical (unpaired) electrons. The molecule has 0 bridgehead atoms. The molecule has 4 heteroatoms. The van der Waals surface area contributed by atoms with Crippen molar-refractivity contribution in [2.24, 2.45) is 0 Å². The maximum atomic E-state index is 6.61. The number of hydrogen-bond acceptors (Lipinski definition) is 4. The Balaban J connectivity index is 1.09. The molecule has 1 aliphatic heterocycles. The van der Waals surface area contributed by atoms with Crippen molar-refractivity contribution in [1.82, 2.24) is 9.97 Å². The molecule has 51 heavy (non-hydrogen) atoms. The topological polar surface area (TPSA) is 44.2 Å². The van der Waals surface area contributed by atoms with E-state index in [4.69, 9.17) is 19.4 Å². The highest BCUT2D eigenvalue weighted by Crippen LogP contribution is 2.55. The molecule has 0 saturated carbocycles. The third kappa shape index (κ3) is 4.75. The standard InChI is InChI=1S/C47H32N2O2/c1-47(2)38-20-12-11-19-35(38)37-26-44-45(27-39(37)47)50-42-24-21-31(25-43(42)51-44)46-48-40(30-15-7-4-8-16-30)28-41(49-46)36-23-22-32(29-13-5-3-6-14-29)33-17-9-10-18-34(33)36/h3-28H,1-2H3. The van der Waals surface area contributed by atoms with Crippen molar-refractivity contribution < 1.29 is 9.47 Å². The third-order valence-electron chi connectivity index (χ3n) is 10.4. The summed E-state index contributed by atoms with van der Waals surface area (Å²) in [6, 6.07) is 54.7. The Morgan fingerprint density at radius 2 is 1.00 bits per heavy atom. The number of benzene rings is 7. The first kappa shape index (κ1) is 29.4. The van der Waals surface area contributed by atoms with Gasteiger partial charge in [0.25, 0.3) is 0 Å². The molecule has 1 aliphatic carbocycles. The lowest BCUT2D eigenvalue weighted by atomic mass is 9.82. The molecule has 0 saturated heterocycles. The Kier molecular flexibility index (Phi) is 6.49. The van der Waals surface area contributed by atoms with Crippen LogP contribution >= 0.6 is 0 Å². The van der Waals surface area contributed by atoms with E-state index < -0.39 is 0 Å². The molecule has 0 atom stereocenters. The van der Waals surface area contributed by atoms with Gasteiger partial charge in [-0.15, -0.1) is 0 Å². The predicted octanol–water partition coefficient (Wildman–Crippen LogP) is 12.5. The molecule has 0 fully saturated rings. The van der Waals surface area contributed by atoms with Crippen LogP contribution in [0, 0.1) is 0 Å². The van der Waals surface area contributed by atoms with Crippen LogP contribution in [-0.4, -0.2) is 9.97 Å². The largest absolute Gasteiger partial charge is 0.450 e. The number of aromatic nitrogens is 2. The van der Waals surface area contributed by atoms with Crippen LogP contribution in [0.2, 0.25) is 0 Å². The summed E-state index contributed by atoms with van der Waals surface area (Å²) in [5.41, 5.74) is 11.9. The molecule has 8 aromatic rings. The zero-order chi connectivity index (χ0) is 34.1. The van der Waals surface area contributed by atoms with Gasteiger partial charge in [0.05, 0.1) is 11.4 Å². The lowest BCUT2D eigenvalue weighted by molar-refractivity contribution is 0.359. The molecule has 242 valence electrons. The van der Waals surface area contributed by atoms with Crippen LogP contribution in [0.25, 0.3) is 66.9 Å². The van der Waals surface area contributed by atoms with Crippen LogP contribution in [-0.2, 0) is 5.41 Å². The first-order chi connectivity index (χ1) is 25.0. The maximum absolute atomic E-state index is 6.61. The van der Waals surface area contributed by atoms with Crippen molar-refractivity contribution in [3.63, 3.8) is 0 Å². The van der Waals surface area contributed by atoms with Gasteiger partial charge in [-0.05, 0) is 80.6 Å². The van der Waals surface area contributed by atoms with E-state index in [0.29, 0.717) is 23.1 Å². The average Bonchev–Trinajstić information content (AvgIpc) is 3.41. The monoisotopic (exact) mass is 656 g/mol. The van der Waals surface area contributed by atoms with E-state index in [1.165, 1.54) is 38.8 Å². The normalized spacial score (nSPS) is 13.4. The second kappa shape index (κ2) is 11.3. The van der Waals surface area contributed by atoms with E-state index in [1.54, 1.807) is 0 Å². The highest BCUT2D eigenvalue weighted by atomic mass is 16.6. The van der Waals surface area contributed by atoms with E-state index in [9.17, 15) is 0 Å². The second-order valence-corrected chi connectivity index (χ2v) is 13.8. The summed E-state index contributed by atoms with van der Waals surface area (Å²) in [4.78, 5) is 10.3. The van der Waals surface area contributed by atoms with E-state index >= 15 is 0 Å². The Hall–Kier alpha value is -6.52. The summed E-state index contributed by atoms with van der Waals surface area (Å²) < 4.78 is 13.1. The number of fused-ring (bicyclic) bond motifs is 6. The molecule has 2 aliphatic rings. The fraction of sp³-hybridized carbons (Fsp3) is 0.0638. The molecular formula is C47H32N2O2. The summed E-state index contributed by atoms with van der Waals surface area (Å²) in [6.45, 7) is 4.54. The molecule has 0 spiro atoms. The molecule has 2 heterocycles. The highest BCUT2D eigenvalue weighted by Gasteiger charge is 2.37. The SMILES string of the molecule is CC1(C)c2ccccc2-c2cc3c(cc21)Oc1ccc(-c2nc(-c4ccccc4)cc(-c4ccc(-c5ccccc5)c5ccccc45)n2)cc1O3. The molecule has 1 aromatic heterocycles. The van der Waals surface area contributed by atoms with Gasteiger partial charge in [0.15, 0.2) is 28.8 Å². The summed E-state index contributed by atoms with van der Waals surface area (Å²) in [6.07, 6.45) is 0. The van der Waals surface area contributed by atoms with Gasteiger partial charge in [-0.25, -0.2) is 9.97 Å². The Morgan fingerprint density at radius 1 is 0.392 bits per heavy atom. The van der Waals surface area contributed by atoms with Gasteiger partial charge in [-0.3, -0.25) is 0 Å². The first-order valence-corrected chi connectivity index (χ1v) is 17.3. The number of rotatable bonds is 4. The zero-order valence-corrected chi connectivity index (χ0v) is 28.2. The summed E-state index contributed by atoms with van der Waals surface area (Å²) >= 11 is 0. The fourth-order valence-corrected chi connectivity index (χ4v) is 7.78. The smallest absolute Gasteiger partial charge is 0.170 e. The van der Waals surface area contributed by atoms with Gasteiger partial charge in [-0.1, -0.05) is 135 Å². The minimum absolute atomic E-state index is 0.125. The molecule has 7 aromatic carbocycles. The molecule has 0 N–H and O–H groups in total. The van der Waals surface area contributed by atoms with E-state index in [-0.39, 0.29) is 5.41 Å². The van der Waals surface area contributed by atoms with Crippen molar-refractivity contribution in [3.05, 3.63) is 169 Å². The minimum Gasteiger partial charge on any atom is -0.450 e. The second-order valence-electron chi connectivity index (χ2n) is 13.8. The summed E-state index contributed by atoms with van der Waals surface area (Å²) in [7, 11) is 0. The van der Waals surface area contributed by atoms with Gasteiger partial charge in [0.2, 0.25) is 0 Å². The Bertz CT molecular complexity index is 2660. The minimum atomic E-state index is -0.125. The van der Waals surface area contributed by atoms with Crippen LogP contribution in [0.1, 0.15) is 25.0 Å². The van der Waals surface area contributed by atoms with Crippen molar-refractivity contribution in [1.29, 1.82) is 0 Å². The summed E-state index contributed by atoms with van der Waals surface area (Å²) in [5.74, 6) is 3.35.